The molecule has 1 heterocycles. The van der Waals surface area contributed by atoms with Crippen LogP contribution in [0, 0.1) is 17.0 Å². The maximum absolute atomic E-state index is 10.6. The number of non-ortho nitro benzene ring substituents is 1. The standard InChI is InChI=1S/C10H9ClN4O2/c1-7-4-9(15(16)17)2-3-10(7)14-6-8(5-11)12-13-14/h2-4,6H,5H2,1H3. The second kappa shape index (κ2) is 4.50. The first-order valence-electron chi connectivity index (χ1n) is 4.84. The first kappa shape index (κ1) is 11.5. The Morgan fingerprint density at radius 2 is 2.29 bits per heavy atom. The minimum atomic E-state index is -0.428. The molecule has 0 saturated carbocycles. The molecule has 2 aromatic rings. The molecule has 2 rings (SSSR count). The number of aryl methyl sites for hydroxylation is 1. The van der Waals surface area contributed by atoms with E-state index >= 15 is 0 Å². The van der Waals surface area contributed by atoms with Crippen LogP contribution in [0.15, 0.2) is 24.4 Å². The van der Waals surface area contributed by atoms with E-state index in [4.69, 9.17) is 11.6 Å². The molecular weight excluding hydrogens is 244 g/mol. The van der Waals surface area contributed by atoms with Gasteiger partial charge in [-0.15, -0.1) is 16.7 Å². The number of benzene rings is 1. The molecule has 0 spiro atoms. The molecule has 0 amide bonds. The number of halogens is 1. The number of hydrogen-bond donors (Lipinski definition) is 0. The van der Waals surface area contributed by atoms with Crippen LogP contribution in [-0.4, -0.2) is 19.9 Å². The fraction of sp³-hybridized carbons (Fsp3) is 0.200. The minimum Gasteiger partial charge on any atom is -0.258 e. The molecule has 0 atom stereocenters. The minimum absolute atomic E-state index is 0.0592. The zero-order valence-corrected chi connectivity index (χ0v) is 9.76. The Morgan fingerprint density at radius 3 is 2.82 bits per heavy atom. The summed E-state index contributed by atoms with van der Waals surface area (Å²) in [5.74, 6) is 0.284. The highest BCUT2D eigenvalue weighted by molar-refractivity contribution is 6.16. The molecule has 88 valence electrons. The lowest BCUT2D eigenvalue weighted by Crippen LogP contribution is -1.99. The Hall–Kier alpha value is -1.95. The zero-order valence-electron chi connectivity index (χ0n) is 9.00. The molecule has 17 heavy (non-hydrogen) atoms. The molecule has 7 heteroatoms. The van der Waals surface area contributed by atoms with Crippen LogP contribution in [-0.2, 0) is 5.88 Å². The molecular formula is C10H9ClN4O2. The van der Waals surface area contributed by atoms with E-state index in [0.717, 1.165) is 11.3 Å². The predicted octanol–water partition coefficient (Wildman–Crippen LogP) is 2.22. The molecule has 0 unspecified atom stereocenters. The van der Waals surface area contributed by atoms with E-state index < -0.39 is 4.92 Å². The molecule has 0 aliphatic carbocycles. The van der Waals surface area contributed by atoms with Gasteiger partial charge in [0.1, 0.15) is 0 Å². The topological polar surface area (TPSA) is 73.8 Å². The molecule has 0 fully saturated rings. The number of nitro groups is 1. The third-order valence-corrected chi connectivity index (χ3v) is 2.59. The van der Waals surface area contributed by atoms with Crippen LogP contribution in [0.5, 0.6) is 0 Å². The van der Waals surface area contributed by atoms with Crippen molar-refractivity contribution in [1.82, 2.24) is 15.0 Å². The number of aromatic nitrogens is 3. The summed E-state index contributed by atoms with van der Waals surface area (Å²) in [6.07, 6.45) is 1.70. The van der Waals surface area contributed by atoms with E-state index in [1.165, 1.54) is 12.1 Å². The highest BCUT2D eigenvalue weighted by atomic mass is 35.5. The third kappa shape index (κ3) is 2.26. The summed E-state index contributed by atoms with van der Waals surface area (Å²) < 4.78 is 1.55. The predicted molar refractivity (Wildman–Crippen MR) is 62.3 cm³/mol. The van der Waals surface area contributed by atoms with Crippen LogP contribution in [0.2, 0.25) is 0 Å². The summed E-state index contributed by atoms with van der Waals surface area (Å²) in [6.45, 7) is 1.78. The Morgan fingerprint density at radius 1 is 1.53 bits per heavy atom. The zero-order chi connectivity index (χ0) is 12.4. The largest absolute Gasteiger partial charge is 0.269 e. The van der Waals surface area contributed by atoms with Crippen molar-refractivity contribution in [2.75, 3.05) is 0 Å². The summed E-state index contributed by atoms with van der Waals surface area (Å²) in [5, 5.41) is 18.4. The van der Waals surface area contributed by atoms with Crippen LogP contribution in [0.1, 0.15) is 11.3 Å². The second-order valence-corrected chi connectivity index (χ2v) is 3.78. The van der Waals surface area contributed by atoms with E-state index in [1.54, 1.807) is 23.9 Å². The van der Waals surface area contributed by atoms with Crippen molar-refractivity contribution in [2.45, 2.75) is 12.8 Å². The molecule has 0 radical (unpaired) electrons. The van der Waals surface area contributed by atoms with Gasteiger partial charge in [-0.25, -0.2) is 4.68 Å². The van der Waals surface area contributed by atoms with Crippen LogP contribution in [0.3, 0.4) is 0 Å². The lowest BCUT2D eigenvalue weighted by atomic mass is 10.2. The normalized spacial score (nSPS) is 10.5. The van der Waals surface area contributed by atoms with E-state index in [1.807, 2.05) is 0 Å². The maximum atomic E-state index is 10.6. The molecule has 0 aliphatic rings. The molecule has 0 bridgehead atoms. The van der Waals surface area contributed by atoms with Crippen molar-refractivity contribution in [2.24, 2.45) is 0 Å². The van der Waals surface area contributed by atoms with Crippen LogP contribution in [0.25, 0.3) is 5.69 Å². The Labute approximate surface area is 102 Å². The Balaban J connectivity index is 2.42. The number of hydrogen-bond acceptors (Lipinski definition) is 4. The van der Waals surface area contributed by atoms with E-state index in [2.05, 4.69) is 10.3 Å². The van der Waals surface area contributed by atoms with Gasteiger partial charge in [0.05, 0.1) is 28.4 Å². The van der Waals surface area contributed by atoms with E-state index in [0.29, 0.717) is 5.69 Å². The van der Waals surface area contributed by atoms with Crippen molar-refractivity contribution < 1.29 is 4.92 Å². The number of alkyl halides is 1. The fourth-order valence-corrected chi connectivity index (χ4v) is 1.61. The molecule has 0 saturated heterocycles. The van der Waals surface area contributed by atoms with Gasteiger partial charge in [0.2, 0.25) is 0 Å². The van der Waals surface area contributed by atoms with Crippen LogP contribution >= 0.6 is 11.6 Å². The van der Waals surface area contributed by atoms with Gasteiger partial charge in [-0.1, -0.05) is 5.21 Å². The van der Waals surface area contributed by atoms with Crippen molar-refractivity contribution in [3.8, 4) is 5.69 Å². The molecule has 1 aromatic heterocycles. The lowest BCUT2D eigenvalue weighted by molar-refractivity contribution is -0.384. The summed E-state index contributed by atoms with van der Waals surface area (Å²) in [7, 11) is 0. The van der Waals surface area contributed by atoms with Crippen molar-refractivity contribution in [1.29, 1.82) is 0 Å². The molecule has 1 aromatic carbocycles. The molecule has 0 aliphatic heterocycles. The monoisotopic (exact) mass is 252 g/mol. The van der Waals surface area contributed by atoms with Crippen LogP contribution < -0.4 is 0 Å². The fourth-order valence-electron chi connectivity index (χ4n) is 1.49. The van der Waals surface area contributed by atoms with E-state index in [-0.39, 0.29) is 11.6 Å². The van der Waals surface area contributed by atoms with E-state index in [9.17, 15) is 10.1 Å². The van der Waals surface area contributed by atoms with Crippen molar-refractivity contribution >= 4 is 17.3 Å². The van der Waals surface area contributed by atoms with Gasteiger partial charge in [-0.3, -0.25) is 10.1 Å². The van der Waals surface area contributed by atoms with Crippen molar-refractivity contribution in [3.05, 3.63) is 45.8 Å². The Kier molecular flexibility index (Phi) is 3.06. The van der Waals surface area contributed by atoms with Gasteiger partial charge in [-0.2, -0.15) is 0 Å². The maximum Gasteiger partial charge on any atom is 0.269 e. The first-order valence-corrected chi connectivity index (χ1v) is 5.38. The summed E-state index contributed by atoms with van der Waals surface area (Å²) in [6, 6.07) is 4.57. The molecule has 0 N–H and O–H groups in total. The Bertz CT molecular complexity index is 567. The van der Waals surface area contributed by atoms with Gasteiger partial charge in [0.25, 0.3) is 5.69 Å². The van der Waals surface area contributed by atoms with Crippen LogP contribution in [0.4, 0.5) is 5.69 Å². The first-order chi connectivity index (χ1) is 8.11. The second-order valence-electron chi connectivity index (χ2n) is 3.52. The highest BCUT2D eigenvalue weighted by Gasteiger charge is 2.10. The summed E-state index contributed by atoms with van der Waals surface area (Å²) in [4.78, 5) is 10.2. The smallest absolute Gasteiger partial charge is 0.258 e. The average Bonchev–Trinajstić information content (AvgIpc) is 2.77. The SMILES string of the molecule is Cc1cc([N+](=O)[O-])ccc1-n1cc(CCl)nn1. The average molecular weight is 253 g/mol. The molecule has 6 nitrogen and oxygen atoms in total. The summed E-state index contributed by atoms with van der Waals surface area (Å²) in [5.41, 5.74) is 2.22. The quantitative estimate of drug-likeness (QED) is 0.477. The van der Waals surface area contributed by atoms with Gasteiger partial charge in [0, 0.05) is 12.1 Å². The number of nitrogens with zero attached hydrogens (tertiary/aromatic N) is 4. The van der Waals surface area contributed by atoms with Gasteiger partial charge in [-0.05, 0) is 18.6 Å². The van der Waals surface area contributed by atoms with Crippen molar-refractivity contribution in [3.63, 3.8) is 0 Å². The lowest BCUT2D eigenvalue weighted by Gasteiger charge is -2.03. The third-order valence-electron chi connectivity index (χ3n) is 2.32. The highest BCUT2D eigenvalue weighted by Crippen LogP contribution is 2.19. The summed E-state index contributed by atoms with van der Waals surface area (Å²) >= 11 is 5.63. The van der Waals surface area contributed by atoms with Gasteiger partial charge >= 0.3 is 0 Å². The van der Waals surface area contributed by atoms with Gasteiger partial charge in [0.15, 0.2) is 0 Å². The van der Waals surface area contributed by atoms with Gasteiger partial charge < -0.3 is 0 Å². The number of nitro benzene ring substituents is 1. The number of rotatable bonds is 3.